The summed E-state index contributed by atoms with van der Waals surface area (Å²) < 4.78 is 11.6. The van der Waals surface area contributed by atoms with Crippen LogP contribution in [-0.4, -0.2) is 95.2 Å². The molecule has 0 spiro atoms. The van der Waals surface area contributed by atoms with Crippen LogP contribution in [0.4, 0.5) is 0 Å². The van der Waals surface area contributed by atoms with Crippen LogP contribution in [0.1, 0.15) is 111 Å². The summed E-state index contributed by atoms with van der Waals surface area (Å²) in [5, 5.41) is 18.2. The molecule has 0 saturated carbocycles. The number of aryl methyl sites for hydroxylation is 1. The number of likely N-dealkylation sites (N-methyl/N-ethyl adjacent to an activating group) is 1. The van der Waals surface area contributed by atoms with Crippen molar-refractivity contribution in [2.75, 3.05) is 27.5 Å². The first-order valence-electron chi connectivity index (χ1n) is 20.7. The molecule has 0 bridgehead atoms. The third-order valence-electron chi connectivity index (χ3n) is 11.4. The largest absolute Gasteiger partial charge is 0.481 e. The summed E-state index contributed by atoms with van der Waals surface area (Å²) in [5.74, 6) is -2.40. The van der Waals surface area contributed by atoms with Gasteiger partial charge in [0, 0.05) is 37.5 Å². The second kappa shape index (κ2) is 22.8. The minimum Gasteiger partial charge on any atom is -0.481 e. The number of rotatable bonds is 22. The minimum atomic E-state index is -0.925. The van der Waals surface area contributed by atoms with Gasteiger partial charge in [0.25, 0.3) is 5.91 Å². The van der Waals surface area contributed by atoms with Crippen molar-refractivity contribution in [3.05, 3.63) is 87.4 Å². The van der Waals surface area contributed by atoms with Gasteiger partial charge in [0.1, 0.15) is 29.6 Å². The molecule has 2 aromatic carbocycles. The number of likely N-dealkylation sites (tertiary alicyclic amines) is 1. The highest BCUT2D eigenvalue weighted by atomic mass is 32.1. The van der Waals surface area contributed by atoms with Gasteiger partial charge in [0.2, 0.25) is 11.8 Å². The van der Waals surface area contributed by atoms with Gasteiger partial charge in [0.15, 0.2) is 0 Å². The lowest BCUT2D eigenvalue weighted by Crippen LogP contribution is -2.58. The summed E-state index contributed by atoms with van der Waals surface area (Å²) >= 11 is 1.29. The molecule has 0 aliphatic carbocycles. The molecule has 3 N–H and O–H groups in total. The molecular formula is C45H65N5O7S. The van der Waals surface area contributed by atoms with Crippen molar-refractivity contribution in [3.63, 3.8) is 0 Å². The maximum absolute atomic E-state index is 15.0. The standard InChI is InChI=1S/C45H65N5O7S/c1-9-31(5)40(48-42(52)37-17-13-14-22-49(37)7)44(53)50(26-34-15-11-10-12-16-34)38(29(2)3)25-39(57-28-56-8)43-47-36(27-58-43)41(51)46-35(23-32(6)45(54)55)24-33-20-18-30(4)19-21-33/h10-12,15-16,18-21,27,29,31-32,35,37-40H,9,13-14,17,22-26,28H2,1-8H3,(H,46,51)(H,48,52)(H,54,55). The first kappa shape index (κ1) is 46.5. The Labute approximate surface area is 349 Å². The van der Waals surface area contributed by atoms with Gasteiger partial charge in [-0.25, -0.2) is 4.98 Å². The predicted molar refractivity (Wildman–Crippen MR) is 227 cm³/mol. The van der Waals surface area contributed by atoms with E-state index in [0.717, 1.165) is 42.5 Å². The summed E-state index contributed by atoms with van der Waals surface area (Å²) in [4.78, 5) is 63.1. The molecule has 1 fully saturated rings. The summed E-state index contributed by atoms with van der Waals surface area (Å²) in [6.45, 7) is 13.0. The van der Waals surface area contributed by atoms with Crippen molar-refractivity contribution in [3.8, 4) is 0 Å². The Kier molecular flexibility index (Phi) is 18.3. The van der Waals surface area contributed by atoms with Crippen molar-refractivity contribution in [2.24, 2.45) is 17.8 Å². The number of carbonyl (C=O) groups is 4. The topological polar surface area (TPSA) is 150 Å². The van der Waals surface area contributed by atoms with Crippen LogP contribution in [0.25, 0.3) is 0 Å². The van der Waals surface area contributed by atoms with Crippen molar-refractivity contribution in [1.82, 2.24) is 25.4 Å². The summed E-state index contributed by atoms with van der Waals surface area (Å²) in [6.07, 6.45) is 3.92. The van der Waals surface area contributed by atoms with E-state index in [-0.39, 0.29) is 54.6 Å². The van der Waals surface area contributed by atoms with Gasteiger partial charge in [-0.2, -0.15) is 0 Å². The van der Waals surface area contributed by atoms with E-state index in [4.69, 9.17) is 14.5 Å². The number of hydrogen-bond acceptors (Lipinski definition) is 9. The number of hydrogen-bond donors (Lipinski definition) is 3. The van der Waals surface area contributed by atoms with Gasteiger partial charge in [0.05, 0.1) is 12.0 Å². The van der Waals surface area contributed by atoms with E-state index < -0.39 is 36.0 Å². The smallest absolute Gasteiger partial charge is 0.306 e. The lowest BCUT2D eigenvalue weighted by Gasteiger charge is -2.40. The number of ether oxygens (including phenoxy) is 2. The van der Waals surface area contributed by atoms with Crippen LogP contribution in [0.2, 0.25) is 0 Å². The van der Waals surface area contributed by atoms with E-state index in [0.29, 0.717) is 30.8 Å². The normalized spacial score (nSPS) is 17.8. The number of thiazole rings is 1. The molecule has 12 nitrogen and oxygen atoms in total. The van der Waals surface area contributed by atoms with E-state index >= 15 is 4.79 Å². The van der Waals surface area contributed by atoms with Gasteiger partial charge in [-0.3, -0.25) is 24.1 Å². The van der Waals surface area contributed by atoms with E-state index in [1.807, 2.05) is 87.3 Å². The lowest BCUT2D eigenvalue weighted by atomic mass is 9.91. The molecule has 58 heavy (non-hydrogen) atoms. The van der Waals surface area contributed by atoms with Crippen molar-refractivity contribution >= 4 is 35.0 Å². The van der Waals surface area contributed by atoms with Crippen molar-refractivity contribution in [1.29, 1.82) is 0 Å². The zero-order valence-electron chi connectivity index (χ0n) is 35.6. The fraction of sp³-hybridized carbons (Fsp3) is 0.578. The molecule has 13 heteroatoms. The van der Waals surface area contributed by atoms with Crippen LogP contribution in [0.15, 0.2) is 60.0 Å². The number of piperidine rings is 1. The number of carbonyl (C=O) groups excluding carboxylic acids is 3. The summed E-state index contributed by atoms with van der Waals surface area (Å²) in [6, 6.07) is 16.0. The number of aliphatic carboxylic acids is 1. The van der Waals surface area contributed by atoms with Crippen LogP contribution < -0.4 is 10.6 Å². The minimum absolute atomic E-state index is 0.0273. The Bertz CT molecular complexity index is 1750. The molecule has 7 unspecified atom stereocenters. The number of carboxylic acid groups (broad SMARTS) is 1. The Morgan fingerprint density at radius 2 is 1.69 bits per heavy atom. The summed E-state index contributed by atoms with van der Waals surface area (Å²) in [5.41, 5.74) is 3.27. The molecule has 318 valence electrons. The quantitative estimate of drug-likeness (QED) is 0.0909. The van der Waals surface area contributed by atoms with Gasteiger partial charge in [-0.05, 0) is 69.2 Å². The van der Waals surface area contributed by atoms with Crippen LogP contribution >= 0.6 is 11.3 Å². The zero-order chi connectivity index (χ0) is 42.4. The Morgan fingerprint density at radius 3 is 2.31 bits per heavy atom. The number of methoxy groups -OCH3 is 1. The fourth-order valence-corrected chi connectivity index (χ4v) is 8.41. The Hall–Kier alpha value is -4.17. The second-order valence-electron chi connectivity index (χ2n) is 16.3. The number of carboxylic acids is 1. The molecule has 2 heterocycles. The maximum atomic E-state index is 15.0. The predicted octanol–water partition coefficient (Wildman–Crippen LogP) is 7.02. The molecule has 3 aromatic rings. The molecule has 0 radical (unpaired) electrons. The molecule has 3 amide bonds. The number of benzene rings is 2. The van der Waals surface area contributed by atoms with Gasteiger partial charge < -0.3 is 30.1 Å². The van der Waals surface area contributed by atoms with Crippen LogP contribution in [0.3, 0.4) is 0 Å². The average molecular weight is 820 g/mol. The highest BCUT2D eigenvalue weighted by Crippen LogP contribution is 2.32. The van der Waals surface area contributed by atoms with Gasteiger partial charge in [-0.15, -0.1) is 11.3 Å². The summed E-state index contributed by atoms with van der Waals surface area (Å²) in [7, 11) is 3.51. The van der Waals surface area contributed by atoms with Crippen LogP contribution in [0.5, 0.6) is 0 Å². The molecule has 4 rings (SSSR count). The van der Waals surface area contributed by atoms with Crippen molar-refractivity contribution < 1.29 is 33.8 Å². The van der Waals surface area contributed by atoms with Gasteiger partial charge in [-0.1, -0.05) is 108 Å². The first-order valence-corrected chi connectivity index (χ1v) is 21.6. The van der Waals surface area contributed by atoms with E-state index in [1.54, 1.807) is 19.4 Å². The molecular weight excluding hydrogens is 755 g/mol. The highest BCUT2D eigenvalue weighted by molar-refractivity contribution is 7.09. The van der Waals surface area contributed by atoms with Crippen LogP contribution in [-0.2, 0) is 36.8 Å². The lowest BCUT2D eigenvalue weighted by molar-refractivity contribution is -0.144. The Morgan fingerprint density at radius 1 is 0.983 bits per heavy atom. The number of nitrogens with one attached hydrogen (secondary N) is 2. The van der Waals surface area contributed by atoms with E-state index in [2.05, 4.69) is 29.4 Å². The van der Waals surface area contributed by atoms with E-state index in [1.165, 1.54) is 11.3 Å². The van der Waals surface area contributed by atoms with Gasteiger partial charge >= 0.3 is 5.97 Å². The zero-order valence-corrected chi connectivity index (χ0v) is 36.4. The fourth-order valence-electron chi connectivity index (χ4n) is 7.55. The molecule has 1 saturated heterocycles. The SMILES string of the molecule is CCC(C)C(NC(=O)C1CCCCN1C)C(=O)N(Cc1ccccc1)C(CC(OCOC)c1nc(C(=O)NC(Cc2ccc(C)cc2)CC(C)C(=O)O)cs1)C(C)C. The third-order valence-corrected chi connectivity index (χ3v) is 12.3. The Balaban J connectivity index is 1.63. The average Bonchev–Trinajstić information content (AvgIpc) is 3.70. The third kappa shape index (κ3) is 13.4. The molecule has 1 aliphatic rings. The van der Waals surface area contributed by atoms with Crippen molar-refractivity contribution in [2.45, 2.75) is 123 Å². The molecule has 7 atom stereocenters. The maximum Gasteiger partial charge on any atom is 0.306 e. The van der Waals surface area contributed by atoms with Crippen LogP contribution in [0, 0.1) is 24.7 Å². The highest BCUT2D eigenvalue weighted by Gasteiger charge is 2.38. The first-order chi connectivity index (χ1) is 27.7. The monoisotopic (exact) mass is 819 g/mol. The molecule has 1 aliphatic heterocycles. The molecule has 1 aromatic heterocycles. The second-order valence-corrected chi connectivity index (χ2v) is 17.2. The number of aromatic nitrogens is 1. The van der Waals surface area contributed by atoms with E-state index in [9.17, 15) is 19.5 Å². The number of amides is 3. The number of nitrogens with zero attached hydrogens (tertiary/aromatic N) is 3.